The first-order valence-corrected chi connectivity index (χ1v) is 15.3. The first kappa shape index (κ1) is 30.7. The van der Waals surface area contributed by atoms with Crippen LogP contribution < -0.4 is 20.1 Å². The minimum Gasteiger partial charge on any atom is -0.497 e. The van der Waals surface area contributed by atoms with Crippen molar-refractivity contribution >= 4 is 32.7 Å². The Morgan fingerprint density at radius 3 is 2.49 bits per heavy atom. The Labute approximate surface area is 240 Å². The standard InChI is InChI=1S/C28H39N5O7S/c1-6-29-27(36)26-24(34)25(35)28(40-26)33-15-31-23-21(30-13-18-7-9-20(39-5)10-8-18)11-19(12-22(23)33)17(4)32-41(37,38)14-16(2)3/h7-12,15-17,24-26,28,30,32,34-35H,6,13-14H2,1-5H3,(H,29,36)/t17?,24-,25+,26-,28+/m0/s1. The largest absolute Gasteiger partial charge is 0.497 e. The summed E-state index contributed by atoms with van der Waals surface area (Å²) < 4.78 is 40.8. The highest BCUT2D eigenvalue weighted by molar-refractivity contribution is 7.89. The zero-order valence-corrected chi connectivity index (χ0v) is 24.7. The molecule has 41 heavy (non-hydrogen) atoms. The van der Waals surface area contributed by atoms with E-state index >= 15 is 0 Å². The van der Waals surface area contributed by atoms with Crippen LogP contribution in [0.15, 0.2) is 42.7 Å². The molecule has 1 saturated heterocycles. The summed E-state index contributed by atoms with van der Waals surface area (Å²) in [5.74, 6) is 0.154. The number of fused-ring (bicyclic) bond motifs is 1. The molecular formula is C28H39N5O7S. The molecule has 1 amide bonds. The van der Waals surface area contributed by atoms with Crippen molar-refractivity contribution in [1.29, 1.82) is 0 Å². The van der Waals surface area contributed by atoms with Crippen LogP contribution in [-0.4, -0.2) is 71.8 Å². The number of nitrogens with one attached hydrogen (secondary N) is 3. The van der Waals surface area contributed by atoms with Gasteiger partial charge in [0.2, 0.25) is 10.0 Å². The maximum atomic E-state index is 12.7. The number of anilines is 1. The number of sulfonamides is 1. The molecule has 12 nitrogen and oxygen atoms in total. The second-order valence-corrected chi connectivity index (χ2v) is 12.4. The minimum atomic E-state index is -3.55. The lowest BCUT2D eigenvalue weighted by Crippen LogP contribution is -2.42. The third-order valence-corrected chi connectivity index (χ3v) is 8.69. The summed E-state index contributed by atoms with van der Waals surface area (Å²) in [5.41, 5.74) is 3.35. The van der Waals surface area contributed by atoms with E-state index in [1.165, 1.54) is 6.33 Å². The maximum Gasteiger partial charge on any atom is 0.252 e. The summed E-state index contributed by atoms with van der Waals surface area (Å²) in [6.07, 6.45) is -3.73. The summed E-state index contributed by atoms with van der Waals surface area (Å²) in [5, 5.41) is 27.4. The molecule has 13 heteroatoms. The Morgan fingerprint density at radius 1 is 1.15 bits per heavy atom. The quantitative estimate of drug-likeness (QED) is 0.213. The molecule has 2 aromatic carbocycles. The Kier molecular flexibility index (Phi) is 9.55. The number of hydrogen-bond acceptors (Lipinski definition) is 9. The second-order valence-electron chi connectivity index (χ2n) is 10.6. The molecule has 2 heterocycles. The number of methoxy groups -OCH3 is 1. The topological polar surface area (TPSA) is 164 Å². The molecule has 5 N–H and O–H groups in total. The first-order chi connectivity index (χ1) is 19.4. The number of hydrogen-bond donors (Lipinski definition) is 5. The number of aromatic nitrogens is 2. The minimum absolute atomic E-state index is 0.0126. The summed E-state index contributed by atoms with van der Waals surface area (Å²) in [4.78, 5) is 17.0. The molecule has 0 bridgehead atoms. The van der Waals surface area contributed by atoms with Crippen molar-refractivity contribution in [3.63, 3.8) is 0 Å². The van der Waals surface area contributed by atoms with Crippen LogP contribution in [0.5, 0.6) is 5.75 Å². The molecule has 4 rings (SSSR count). The highest BCUT2D eigenvalue weighted by Crippen LogP contribution is 2.35. The number of carbonyl (C=O) groups excluding carboxylic acids is 1. The zero-order chi connectivity index (χ0) is 29.9. The van der Waals surface area contributed by atoms with E-state index in [-0.39, 0.29) is 11.7 Å². The number of benzene rings is 2. The average molecular weight is 590 g/mol. The molecule has 0 radical (unpaired) electrons. The van der Waals surface area contributed by atoms with E-state index in [9.17, 15) is 23.4 Å². The second kappa shape index (κ2) is 12.7. The first-order valence-electron chi connectivity index (χ1n) is 13.6. The van der Waals surface area contributed by atoms with Crippen LogP contribution in [0.25, 0.3) is 11.0 Å². The number of amides is 1. The van der Waals surface area contributed by atoms with Gasteiger partial charge >= 0.3 is 0 Å². The predicted octanol–water partition coefficient (Wildman–Crippen LogP) is 2.05. The lowest BCUT2D eigenvalue weighted by atomic mass is 10.1. The van der Waals surface area contributed by atoms with Gasteiger partial charge in [-0.15, -0.1) is 0 Å². The van der Waals surface area contributed by atoms with Gasteiger partial charge < -0.3 is 34.9 Å². The number of imidazole rings is 1. The van der Waals surface area contributed by atoms with Gasteiger partial charge in [-0.25, -0.2) is 18.1 Å². The predicted molar refractivity (Wildman–Crippen MR) is 155 cm³/mol. The number of aliphatic hydroxyl groups excluding tert-OH is 2. The molecule has 0 saturated carbocycles. The highest BCUT2D eigenvalue weighted by atomic mass is 32.2. The molecule has 1 fully saturated rings. The van der Waals surface area contributed by atoms with Gasteiger partial charge in [-0.05, 0) is 55.2 Å². The fourth-order valence-electron chi connectivity index (χ4n) is 4.89. The van der Waals surface area contributed by atoms with Crippen molar-refractivity contribution in [2.24, 2.45) is 5.92 Å². The van der Waals surface area contributed by atoms with Crippen LogP contribution in [0.2, 0.25) is 0 Å². The van der Waals surface area contributed by atoms with E-state index in [0.29, 0.717) is 35.4 Å². The lowest BCUT2D eigenvalue weighted by molar-refractivity contribution is -0.137. The molecule has 224 valence electrons. The van der Waals surface area contributed by atoms with Gasteiger partial charge in [0.25, 0.3) is 5.91 Å². The van der Waals surface area contributed by atoms with Crippen molar-refractivity contribution < 1.29 is 32.9 Å². The molecule has 1 unspecified atom stereocenters. The molecule has 0 aliphatic carbocycles. The van der Waals surface area contributed by atoms with Crippen molar-refractivity contribution in [1.82, 2.24) is 19.6 Å². The third kappa shape index (κ3) is 6.99. The van der Waals surface area contributed by atoms with Gasteiger partial charge in [0, 0.05) is 19.1 Å². The Hall–Kier alpha value is -3.23. The van der Waals surface area contributed by atoms with Crippen LogP contribution in [0.4, 0.5) is 5.69 Å². The summed E-state index contributed by atoms with van der Waals surface area (Å²) in [6, 6.07) is 10.6. The zero-order valence-electron chi connectivity index (χ0n) is 23.9. The van der Waals surface area contributed by atoms with E-state index in [4.69, 9.17) is 9.47 Å². The van der Waals surface area contributed by atoms with Crippen molar-refractivity contribution in [2.45, 2.75) is 64.8 Å². The Bertz CT molecular complexity index is 1460. The SMILES string of the molecule is CCNC(=O)[C@H]1O[C@@H](n2cnc3c(NCc4ccc(OC)cc4)cc(C(C)NS(=O)(=O)CC(C)C)cc32)[C@H](O)[C@@H]1O. The number of ether oxygens (including phenoxy) is 2. The molecule has 1 aromatic heterocycles. The van der Waals surface area contributed by atoms with E-state index in [2.05, 4.69) is 20.3 Å². The number of carbonyl (C=O) groups is 1. The van der Waals surface area contributed by atoms with Gasteiger partial charge in [-0.2, -0.15) is 0 Å². The van der Waals surface area contributed by atoms with E-state index < -0.39 is 46.5 Å². The normalized spacial score (nSPS) is 21.8. The fourth-order valence-corrected chi connectivity index (χ4v) is 6.54. The van der Waals surface area contributed by atoms with Crippen LogP contribution in [0, 0.1) is 5.92 Å². The van der Waals surface area contributed by atoms with Crippen LogP contribution in [0.3, 0.4) is 0 Å². The van der Waals surface area contributed by atoms with Gasteiger partial charge in [-0.3, -0.25) is 4.79 Å². The smallest absolute Gasteiger partial charge is 0.252 e. The van der Waals surface area contributed by atoms with E-state index in [1.54, 1.807) is 31.6 Å². The lowest BCUT2D eigenvalue weighted by Gasteiger charge is -2.20. The number of rotatable bonds is 12. The summed E-state index contributed by atoms with van der Waals surface area (Å²) in [6.45, 7) is 7.97. The highest BCUT2D eigenvalue weighted by Gasteiger charge is 2.47. The molecular weight excluding hydrogens is 550 g/mol. The van der Waals surface area contributed by atoms with Crippen molar-refractivity contribution in [3.05, 3.63) is 53.9 Å². The van der Waals surface area contributed by atoms with Crippen LogP contribution in [0.1, 0.15) is 51.1 Å². The van der Waals surface area contributed by atoms with Gasteiger partial charge in [0.15, 0.2) is 12.3 Å². The Morgan fingerprint density at radius 2 is 1.85 bits per heavy atom. The molecule has 1 aliphatic rings. The van der Waals surface area contributed by atoms with Gasteiger partial charge in [0.1, 0.15) is 23.5 Å². The van der Waals surface area contributed by atoms with Gasteiger partial charge in [0.05, 0.1) is 30.4 Å². The van der Waals surface area contributed by atoms with Crippen molar-refractivity contribution in [3.8, 4) is 5.75 Å². The molecule has 1 aliphatic heterocycles. The summed E-state index contributed by atoms with van der Waals surface area (Å²) in [7, 11) is -1.95. The van der Waals surface area contributed by atoms with Crippen LogP contribution in [-0.2, 0) is 26.1 Å². The number of nitrogens with zero attached hydrogens (tertiary/aromatic N) is 2. The fraction of sp³-hybridized carbons (Fsp3) is 0.500. The molecule has 5 atom stereocenters. The molecule has 3 aromatic rings. The summed E-state index contributed by atoms with van der Waals surface area (Å²) >= 11 is 0. The monoisotopic (exact) mass is 589 g/mol. The van der Waals surface area contributed by atoms with Crippen LogP contribution >= 0.6 is 0 Å². The third-order valence-electron chi connectivity index (χ3n) is 6.87. The van der Waals surface area contributed by atoms with E-state index in [1.807, 2.05) is 44.2 Å². The number of aliphatic hydroxyl groups is 2. The van der Waals surface area contributed by atoms with Crippen molar-refractivity contribution in [2.75, 3.05) is 24.7 Å². The van der Waals surface area contributed by atoms with Gasteiger partial charge in [-0.1, -0.05) is 26.0 Å². The molecule has 0 spiro atoms. The number of likely N-dealkylation sites (N-methyl/N-ethyl adjacent to an activating group) is 1. The van der Waals surface area contributed by atoms with E-state index in [0.717, 1.165) is 11.3 Å². The average Bonchev–Trinajstić information content (AvgIpc) is 3.47. The maximum absolute atomic E-state index is 12.7. The Balaban J connectivity index is 1.71.